The summed E-state index contributed by atoms with van der Waals surface area (Å²) in [7, 11) is -1.90. The predicted octanol–water partition coefficient (Wildman–Crippen LogP) is 1.88. The molecule has 0 radical (unpaired) electrons. The third kappa shape index (κ3) is 3.83. The average Bonchev–Trinajstić information content (AvgIpc) is 2.91. The molecule has 0 fully saturated rings. The smallest absolute Gasteiger partial charge is 0.279 e. The summed E-state index contributed by atoms with van der Waals surface area (Å²) in [5, 5.41) is 9.35. The van der Waals surface area contributed by atoms with Crippen LogP contribution in [0.3, 0.4) is 0 Å². The van der Waals surface area contributed by atoms with E-state index < -0.39 is 10.0 Å². The van der Waals surface area contributed by atoms with Crippen molar-refractivity contribution < 1.29 is 8.42 Å². The Hall–Kier alpha value is -1.86. The molecule has 0 aliphatic heterocycles. The van der Waals surface area contributed by atoms with E-state index in [2.05, 4.69) is 27.2 Å². The highest BCUT2D eigenvalue weighted by molar-refractivity contribution is 7.92. The molecule has 1 aromatic heterocycles. The Labute approximate surface area is 125 Å². The number of aromatic amines is 1. The van der Waals surface area contributed by atoms with Crippen LogP contribution in [0.4, 0.5) is 5.69 Å². The predicted molar refractivity (Wildman–Crippen MR) is 82.6 cm³/mol. The molecule has 114 valence electrons. The van der Waals surface area contributed by atoms with Crippen molar-refractivity contribution in [2.24, 2.45) is 0 Å². The minimum Gasteiger partial charge on any atom is -0.316 e. The number of sulfonamides is 1. The number of rotatable bonds is 7. The van der Waals surface area contributed by atoms with E-state index in [0.29, 0.717) is 17.8 Å². The number of hydrogen-bond acceptors (Lipinski definition) is 4. The van der Waals surface area contributed by atoms with Gasteiger partial charge >= 0.3 is 0 Å². The first kappa shape index (κ1) is 15.5. The number of benzene rings is 1. The minimum absolute atomic E-state index is 0.0921. The first-order valence-corrected chi connectivity index (χ1v) is 8.33. The summed E-state index contributed by atoms with van der Waals surface area (Å²) in [5.41, 5.74) is 2.34. The van der Waals surface area contributed by atoms with E-state index in [0.717, 1.165) is 12.8 Å². The van der Waals surface area contributed by atoms with Gasteiger partial charge in [0, 0.05) is 17.8 Å². The van der Waals surface area contributed by atoms with Crippen molar-refractivity contribution in [2.75, 3.05) is 11.8 Å². The molecule has 1 aromatic carbocycles. The van der Waals surface area contributed by atoms with Crippen LogP contribution in [0.1, 0.15) is 24.5 Å². The van der Waals surface area contributed by atoms with Gasteiger partial charge < -0.3 is 5.32 Å². The van der Waals surface area contributed by atoms with Crippen molar-refractivity contribution in [3.8, 4) is 0 Å². The van der Waals surface area contributed by atoms with Gasteiger partial charge in [-0.2, -0.15) is 13.5 Å². The maximum absolute atomic E-state index is 12.4. The fraction of sp³-hybridized carbons (Fsp3) is 0.357. The zero-order valence-corrected chi connectivity index (χ0v) is 13.0. The van der Waals surface area contributed by atoms with Crippen LogP contribution in [0.2, 0.25) is 0 Å². The Bertz CT molecular complexity index is 677. The summed E-state index contributed by atoms with van der Waals surface area (Å²) in [6.07, 6.45) is 3.56. The molecule has 3 N–H and O–H groups in total. The molecule has 7 heteroatoms. The lowest BCUT2D eigenvalue weighted by Crippen LogP contribution is -2.17. The summed E-state index contributed by atoms with van der Waals surface area (Å²) in [6.45, 7) is 2.54. The number of nitrogens with one attached hydrogen (secondary N) is 3. The summed E-state index contributed by atoms with van der Waals surface area (Å²) < 4.78 is 27.3. The van der Waals surface area contributed by atoms with E-state index in [4.69, 9.17) is 0 Å². The summed E-state index contributed by atoms with van der Waals surface area (Å²) >= 11 is 0. The summed E-state index contributed by atoms with van der Waals surface area (Å²) in [6, 6.07) is 7.42. The van der Waals surface area contributed by atoms with Crippen LogP contribution in [0, 0.1) is 0 Å². The molecule has 0 aliphatic rings. The van der Waals surface area contributed by atoms with Gasteiger partial charge in [-0.3, -0.25) is 9.82 Å². The van der Waals surface area contributed by atoms with E-state index >= 15 is 0 Å². The van der Waals surface area contributed by atoms with Crippen LogP contribution in [0.5, 0.6) is 0 Å². The van der Waals surface area contributed by atoms with Gasteiger partial charge in [-0.1, -0.05) is 25.5 Å². The van der Waals surface area contributed by atoms with Gasteiger partial charge in [0.2, 0.25) is 0 Å². The molecule has 2 aromatic rings. The maximum Gasteiger partial charge on any atom is 0.279 e. The normalized spacial score (nSPS) is 11.5. The van der Waals surface area contributed by atoms with Gasteiger partial charge in [0.05, 0.1) is 6.20 Å². The van der Waals surface area contributed by atoms with Gasteiger partial charge in [-0.05, 0) is 31.2 Å². The molecule has 0 aliphatic carbocycles. The molecule has 0 atom stereocenters. The molecule has 6 nitrogen and oxygen atoms in total. The van der Waals surface area contributed by atoms with Crippen LogP contribution in [0.15, 0.2) is 35.5 Å². The quantitative estimate of drug-likeness (QED) is 0.729. The van der Waals surface area contributed by atoms with Crippen molar-refractivity contribution in [3.63, 3.8) is 0 Å². The lowest BCUT2D eigenvalue weighted by atomic mass is 10.1. The fourth-order valence-electron chi connectivity index (χ4n) is 2.08. The van der Waals surface area contributed by atoms with Gasteiger partial charge in [0.1, 0.15) is 0 Å². The van der Waals surface area contributed by atoms with E-state index in [1.54, 1.807) is 19.2 Å². The standard InChI is InChI=1S/C14H20N4O2S/c1-3-4-11-5-7-13(8-6-11)18-21(19,20)14-12(9-15-2)10-16-17-14/h5-8,10,15,18H,3-4,9H2,1-2H3,(H,16,17). The Morgan fingerprint density at radius 1 is 1.24 bits per heavy atom. The zero-order chi connectivity index (χ0) is 15.3. The molecule has 0 saturated heterocycles. The first-order valence-electron chi connectivity index (χ1n) is 6.85. The third-order valence-electron chi connectivity index (χ3n) is 3.06. The number of aryl methyl sites for hydroxylation is 1. The van der Waals surface area contributed by atoms with Crippen molar-refractivity contribution in [1.29, 1.82) is 0 Å². The maximum atomic E-state index is 12.4. The van der Waals surface area contributed by atoms with Crippen LogP contribution in [-0.4, -0.2) is 25.7 Å². The second kappa shape index (κ2) is 6.73. The lowest BCUT2D eigenvalue weighted by Gasteiger charge is -2.09. The van der Waals surface area contributed by atoms with Crippen molar-refractivity contribution >= 4 is 15.7 Å². The molecule has 21 heavy (non-hydrogen) atoms. The Balaban J connectivity index is 2.18. The van der Waals surface area contributed by atoms with Gasteiger partial charge in [0.15, 0.2) is 5.03 Å². The zero-order valence-electron chi connectivity index (χ0n) is 12.2. The number of H-pyrrole nitrogens is 1. The molecule has 1 heterocycles. The largest absolute Gasteiger partial charge is 0.316 e. The van der Waals surface area contributed by atoms with Crippen LogP contribution >= 0.6 is 0 Å². The van der Waals surface area contributed by atoms with E-state index in [9.17, 15) is 8.42 Å². The SMILES string of the molecule is CCCc1ccc(NS(=O)(=O)c2[nH]ncc2CNC)cc1. The van der Waals surface area contributed by atoms with Gasteiger partial charge in [0.25, 0.3) is 10.0 Å². The molecular weight excluding hydrogens is 288 g/mol. The molecule has 0 unspecified atom stereocenters. The summed E-state index contributed by atoms with van der Waals surface area (Å²) in [5.74, 6) is 0. The minimum atomic E-state index is -3.66. The van der Waals surface area contributed by atoms with Crippen molar-refractivity contribution in [1.82, 2.24) is 15.5 Å². The second-order valence-corrected chi connectivity index (χ2v) is 6.43. The third-order valence-corrected chi connectivity index (χ3v) is 4.45. The Morgan fingerprint density at radius 3 is 2.57 bits per heavy atom. The number of nitrogens with zero attached hydrogens (tertiary/aromatic N) is 1. The monoisotopic (exact) mass is 308 g/mol. The van der Waals surface area contributed by atoms with E-state index in [-0.39, 0.29) is 5.03 Å². The van der Waals surface area contributed by atoms with Crippen molar-refractivity contribution in [2.45, 2.75) is 31.3 Å². The van der Waals surface area contributed by atoms with Gasteiger partial charge in [-0.25, -0.2) is 0 Å². The molecule has 0 spiro atoms. The Morgan fingerprint density at radius 2 is 1.95 bits per heavy atom. The molecule has 0 saturated carbocycles. The highest BCUT2D eigenvalue weighted by atomic mass is 32.2. The van der Waals surface area contributed by atoms with Crippen LogP contribution in [-0.2, 0) is 23.0 Å². The first-order chi connectivity index (χ1) is 10.1. The van der Waals surface area contributed by atoms with E-state index in [1.807, 2.05) is 12.1 Å². The molecule has 0 amide bonds. The number of aromatic nitrogens is 2. The average molecular weight is 308 g/mol. The second-order valence-electron chi connectivity index (χ2n) is 4.81. The van der Waals surface area contributed by atoms with Crippen LogP contribution in [0.25, 0.3) is 0 Å². The van der Waals surface area contributed by atoms with Crippen molar-refractivity contribution in [3.05, 3.63) is 41.6 Å². The number of hydrogen-bond donors (Lipinski definition) is 3. The molecule has 0 bridgehead atoms. The van der Waals surface area contributed by atoms with Crippen LogP contribution < -0.4 is 10.0 Å². The van der Waals surface area contributed by atoms with Gasteiger partial charge in [-0.15, -0.1) is 0 Å². The topological polar surface area (TPSA) is 86.9 Å². The molecular formula is C14H20N4O2S. The molecule has 2 rings (SSSR count). The highest BCUT2D eigenvalue weighted by Crippen LogP contribution is 2.18. The lowest BCUT2D eigenvalue weighted by molar-refractivity contribution is 0.595. The fourth-order valence-corrected chi connectivity index (χ4v) is 3.27. The Kier molecular flexibility index (Phi) is 4.98. The van der Waals surface area contributed by atoms with E-state index in [1.165, 1.54) is 11.8 Å². The number of anilines is 1. The highest BCUT2D eigenvalue weighted by Gasteiger charge is 2.20. The summed E-state index contributed by atoms with van der Waals surface area (Å²) in [4.78, 5) is 0.